The predicted octanol–water partition coefficient (Wildman–Crippen LogP) is 2.89. The monoisotopic (exact) mass is 366 g/mol. The average molecular weight is 366 g/mol. The quantitative estimate of drug-likeness (QED) is 0.825. The van der Waals surface area contributed by atoms with Gasteiger partial charge in [0.1, 0.15) is 0 Å². The van der Waals surface area contributed by atoms with Gasteiger partial charge in [-0.05, 0) is 34.2 Å². The fourth-order valence-electron chi connectivity index (χ4n) is 2.38. The molecule has 2 rings (SSSR count). The van der Waals surface area contributed by atoms with E-state index in [1.807, 2.05) is 24.3 Å². The summed E-state index contributed by atoms with van der Waals surface area (Å²) in [6.45, 7) is 3.43. The molecule has 1 aromatic rings. The highest BCUT2D eigenvalue weighted by atomic mass is 127. The van der Waals surface area contributed by atoms with Gasteiger partial charge in [-0.2, -0.15) is 0 Å². The van der Waals surface area contributed by atoms with E-state index in [1.165, 1.54) is 0 Å². The minimum Gasteiger partial charge on any atom is -0.314 e. The Labute approximate surface area is 120 Å². The minimum absolute atomic E-state index is 0.0833. The normalized spacial score (nSPS) is 19.1. The number of nitrogens with one attached hydrogen (secondary N) is 1. The molecule has 1 aliphatic heterocycles. The maximum Gasteiger partial charge on any atom is 0.240 e. The summed E-state index contributed by atoms with van der Waals surface area (Å²) in [7, 11) is 0. The SMILES string of the molecule is FC(F)C[C@H](c1ccccc1I)N1CCNCC1. The van der Waals surface area contributed by atoms with E-state index in [9.17, 15) is 8.78 Å². The molecule has 1 atom stereocenters. The molecular formula is C13H17F2IN2. The lowest BCUT2D eigenvalue weighted by Crippen LogP contribution is -2.45. The molecule has 0 aromatic heterocycles. The van der Waals surface area contributed by atoms with Crippen LogP contribution in [0.3, 0.4) is 0 Å². The zero-order valence-electron chi connectivity index (χ0n) is 10.1. The molecule has 0 aliphatic carbocycles. The number of nitrogens with zero attached hydrogens (tertiary/aromatic N) is 1. The molecule has 1 aromatic carbocycles. The summed E-state index contributed by atoms with van der Waals surface area (Å²) < 4.78 is 26.7. The van der Waals surface area contributed by atoms with Crippen molar-refractivity contribution in [1.29, 1.82) is 0 Å². The molecule has 5 heteroatoms. The predicted molar refractivity (Wildman–Crippen MR) is 77.0 cm³/mol. The highest BCUT2D eigenvalue weighted by molar-refractivity contribution is 14.1. The van der Waals surface area contributed by atoms with Gasteiger partial charge < -0.3 is 5.32 Å². The molecule has 0 unspecified atom stereocenters. The third-order valence-corrected chi connectivity index (χ3v) is 4.24. The van der Waals surface area contributed by atoms with Crippen LogP contribution in [-0.4, -0.2) is 37.5 Å². The highest BCUT2D eigenvalue weighted by Gasteiger charge is 2.26. The Morgan fingerprint density at radius 2 is 1.89 bits per heavy atom. The van der Waals surface area contributed by atoms with Crippen molar-refractivity contribution in [2.24, 2.45) is 0 Å². The van der Waals surface area contributed by atoms with Gasteiger partial charge in [0.15, 0.2) is 0 Å². The third-order valence-electron chi connectivity index (χ3n) is 3.26. The van der Waals surface area contributed by atoms with Gasteiger partial charge in [0.2, 0.25) is 6.43 Å². The number of piperazine rings is 1. The van der Waals surface area contributed by atoms with Crippen molar-refractivity contribution in [2.45, 2.75) is 18.9 Å². The standard InChI is InChI=1S/C13H17F2IN2/c14-13(15)9-12(18-7-5-17-6-8-18)10-3-1-2-4-11(10)16/h1-4,12-13,17H,5-9H2/t12-/m1/s1. The van der Waals surface area contributed by atoms with Crippen LogP contribution in [0.5, 0.6) is 0 Å². The Morgan fingerprint density at radius 3 is 2.50 bits per heavy atom. The molecule has 18 heavy (non-hydrogen) atoms. The van der Waals surface area contributed by atoms with Crippen molar-refractivity contribution in [3.8, 4) is 0 Å². The number of hydrogen-bond donors (Lipinski definition) is 1. The van der Waals surface area contributed by atoms with Crippen LogP contribution in [0.1, 0.15) is 18.0 Å². The second-order valence-corrected chi connectivity index (χ2v) is 5.61. The van der Waals surface area contributed by atoms with Crippen LogP contribution in [0.25, 0.3) is 0 Å². The number of rotatable bonds is 4. The molecule has 2 nitrogen and oxygen atoms in total. The fraction of sp³-hybridized carbons (Fsp3) is 0.538. The minimum atomic E-state index is -2.26. The van der Waals surface area contributed by atoms with Crippen molar-refractivity contribution < 1.29 is 8.78 Å². The van der Waals surface area contributed by atoms with Gasteiger partial charge in [-0.1, -0.05) is 18.2 Å². The summed E-state index contributed by atoms with van der Waals surface area (Å²) in [4.78, 5) is 2.17. The van der Waals surface area contributed by atoms with Crippen molar-refractivity contribution >= 4 is 22.6 Å². The van der Waals surface area contributed by atoms with Crippen LogP contribution < -0.4 is 5.32 Å². The maximum absolute atomic E-state index is 12.8. The number of benzene rings is 1. The van der Waals surface area contributed by atoms with E-state index < -0.39 is 6.43 Å². The van der Waals surface area contributed by atoms with Crippen LogP contribution in [-0.2, 0) is 0 Å². The third kappa shape index (κ3) is 3.61. The summed E-state index contributed by atoms with van der Waals surface area (Å²) in [6, 6.07) is 7.66. The first kappa shape index (κ1) is 14.1. The summed E-state index contributed by atoms with van der Waals surface area (Å²) in [5.74, 6) is 0. The van der Waals surface area contributed by atoms with Crippen LogP contribution in [0.15, 0.2) is 24.3 Å². The van der Waals surface area contributed by atoms with Crippen LogP contribution in [0, 0.1) is 3.57 Å². The van der Waals surface area contributed by atoms with E-state index in [0.717, 1.165) is 35.3 Å². The van der Waals surface area contributed by atoms with Gasteiger partial charge in [0.25, 0.3) is 0 Å². The molecule has 100 valence electrons. The maximum atomic E-state index is 12.8. The Hall–Kier alpha value is -0.270. The Kier molecular flexibility index (Phi) is 5.32. The first-order valence-corrected chi connectivity index (χ1v) is 7.23. The number of halogens is 3. The van der Waals surface area contributed by atoms with Crippen LogP contribution in [0.4, 0.5) is 8.78 Å². The topological polar surface area (TPSA) is 15.3 Å². The van der Waals surface area contributed by atoms with Crippen molar-refractivity contribution in [3.63, 3.8) is 0 Å². The van der Waals surface area contributed by atoms with Crippen molar-refractivity contribution in [3.05, 3.63) is 33.4 Å². The number of alkyl halides is 2. The van der Waals surface area contributed by atoms with Gasteiger partial charge in [-0.3, -0.25) is 4.90 Å². The van der Waals surface area contributed by atoms with E-state index in [-0.39, 0.29) is 12.5 Å². The fourth-order valence-corrected chi connectivity index (χ4v) is 3.13. The smallest absolute Gasteiger partial charge is 0.240 e. The molecule has 0 bridgehead atoms. The lowest BCUT2D eigenvalue weighted by Gasteiger charge is -2.35. The van der Waals surface area contributed by atoms with Gasteiger partial charge in [0, 0.05) is 42.2 Å². The van der Waals surface area contributed by atoms with Crippen molar-refractivity contribution in [1.82, 2.24) is 10.2 Å². The Balaban J connectivity index is 2.21. The van der Waals surface area contributed by atoms with E-state index in [2.05, 4.69) is 32.8 Å². The van der Waals surface area contributed by atoms with Crippen molar-refractivity contribution in [2.75, 3.05) is 26.2 Å². The van der Waals surface area contributed by atoms with Crippen LogP contribution in [0.2, 0.25) is 0 Å². The summed E-state index contributed by atoms with van der Waals surface area (Å²) >= 11 is 2.23. The molecule has 0 spiro atoms. The molecule has 1 saturated heterocycles. The average Bonchev–Trinajstić information content (AvgIpc) is 2.38. The Morgan fingerprint density at radius 1 is 1.22 bits per heavy atom. The van der Waals surface area contributed by atoms with Gasteiger partial charge >= 0.3 is 0 Å². The van der Waals surface area contributed by atoms with Gasteiger partial charge in [-0.15, -0.1) is 0 Å². The summed E-state index contributed by atoms with van der Waals surface area (Å²) in [5.41, 5.74) is 1.03. The zero-order valence-corrected chi connectivity index (χ0v) is 12.2. The zero-order chi connectivity index (χ0) is 13.0. The molecular weight excluding hydrogens is 349 g/mol. The van der Waals surface area contributed by atoms with E-state index >= 15 is 0 Å². The first-order chi connectivity index (χ1) is 8.68. The molecule has 0 radical (unpaired) electrons. The second kappa shape index (κ2) is 6.77. The van der Waals surface area contributed by atoms with E-state index in [1.54, 1.807) is 0 Å². The highest BCUT2D eigenvalue weighted by Crippen LogP contribution is 2.30. The van der Waals surface area contributed by atoms with E-state index in [0.29, 0.717) is 0 Å². The molecule has 0 saturated carbocycles. The largest absolute Gasteiger partial charge is 0.314 e. The molecule has 1 aliphatic rings. The molecule has 1 heterocycles. The second-order valence-electron chi connectivity index (χ2n) is 4.45. The summed E-state index contributed by atoms with van der Waals surface area (Å²) in [5, 5.41) is 3.26. The van der Waals surface area contributed by atoms with Crippen LogP contribution >= 0.6 is 22.6 Å². The van der Waals surface area contributed by atoms with Gasteiger partial charge in [-0.25, -0.2) is 8.78 Å². The molecule has 1 N–H and O–H groups in total. The Bertz CT molecular complexity index is 381. The first-order valence-electron chi connectivity index (χ1n) is 6.16. The van der Waals surface area contributed by atoms with E-state index in [4.69, 9.17) is 0 Å². The molecule has 0 amide bonds. The lowest BCUT2D eigenvalue weighted by molar-refractivity contribution is 0.0736. The number of hydrogen-bond acceptors (Lipinski definition) is 2. The van der Waals surface area contributed by atoms with Gasteiger partial charge in [0.05, 0.1) is 0 Å². The molecule has 1 fully saturated rings. The summed E-state index contributed by atoms with van der Waals surface area (Å²) in [6.07, 6.45) is -2.35. The lowest BCUT2D eigenvalue weighted by atomic mass is 10.0.